The van der Waals surface area contributed by atoms with Crippen LogP contribution < -0.4 is 11.1 Å². The molecule has 0 spiro atoms. The van der Waals surface area contributed by atoms with E-state index in [4.69, 9.17) is 17.3 Å². The number of carbonyl (C=O) groups excluding carboxylic acids is 1. The van der Waals surface area contributed by atoms with Crippen LogP contribution in [0.25, 0.3) is 0 Å². The first kappa shape index (κ1) is 13.3. The van der Waals surface area contributed by atoms with Crippen molar-refractivity contribution in [1.82, 2.24) is 9.88 Å². The number of rotatable bonds is 3. The molecule has 0 aliphatic carbocycles. The van der Waals surface area contributed by atoms with E-state index >= 15 is 0 Å². The van der Waals surface area contributed by atoms with Crippen LogP contribution in [0.4, 0.5) is 5.82 Å². The Morgan fingerprint density at radius 3 is 2.94 bits per heavy atom. The van der Waals surface area contributed by atoms with Crippen molar-refractivity contribution in [2.45, 2.75) is 18.9 Å². The van der Waals surface area contributed by atoms with E-state index in [0.29, 0.717) is 17.4 Å². The third-order valence-electron chi connectivity index (χ3n) is 3.02. The average Bonchev–Trinajstić information content (AvgIpc) is 2.35. The van der Waals surface area contributed by atoms with Crippen molar-refractivity contribution >= 4 is 23.3 Å². The van der Waals surface area contributed by atoms with Crippen molar-refractivity contribution in [2.24, 2.45) is 5.73 Å². The first-order valence-electron chi connectivity index (χ1n) is 6.03. The molecule has 1 saturated heterocycles. The summed E-state index contributed by atoms with van der Waals surface area (Å²) in [7, 11) is 0. The Labute approximate surface area is 111 Å². The third-order valence-corrected chi connectivity index (χ3v) is 3.32. The highest BCUT2D eigenvalue weighted by molar-refractivity contribution is 6.33. The quantitative estimate of drug-likeness (QED) is 0.861. The number of hydrogen-bond acceptors (Lipinski definition) is 4. The fraction of sp³-hybridized carbons (Fsp3) is 0.500. The second-order valence-electron chi connectivity index (χ2n) is 4.50. The standard InChI is InChI=1S/C12H17ClN4O/c13-10-2-1-5-15-12(10)16-11(18)8-17-6-3-9(14)4-7-17/h1-2,5,9H,3-4,6-8,14H2,(H,15,16,18). The summed E-state index contributed by atoms with van der Waals surface area (Å²) in [6.45, 7) is 2.09. The zero-order valence-corrected chi connectivity index (χ0v) is 10.9. The number of hydrogen-bond donors (Lipinski definition) is 2. The number of nitrogens with one attached hydrogen (secondary N) is 1. The number of aromatic nitrogens is 1. The number of halogens is 1. The van der Waals surface area contributed by atoms with E-state index in [2.05, 4.69) is 15.2 Å². The minimum Gasteiger partial charge on any atom is -0.328 e. The van der Waals surface area contributed by atoms with Gasteiger partial charge in [0.05, 0.1) is 11.6 Å². The summed E-state index contributed by atoms with van der Waals surface area (Å²) in [6.07, 6.45) is 3.48. The van der Waals surface area contributed by atoms with Crippen molar-refractivity contribution in [3.05, 3.63) is 23.4 Å². The lowest BCUT2D eigenvalue weighted by molar-refractivity contribution is -0.117. The number of piperidine rings is 1. The Hall–Kier alpha value is -1.17. The number of nitrogens with two attached hydrogens (primary N) is 1. The molecular formula is C12H17ClN4O. The molecule has 0 saturated carbocycles. The van der Waals surface area contributed by atoms with Gasteiger partial charge in [0.1, 0.15) is 0 Å². The molecule has 1 fully saturated rings. The molecule has 3 N–H and O–H groups in total. The van der Waals surface area contributed by atoms with E-state index in [0.717, 1.165) is 25.9 Å². The second kappa shape index (κ2) is 6.13. The first-order valence-corrected chi connectivity index (χ1v) is 6.41. The van der Waals surface area contributed by atoms with Gasteiger partial charge in [-0.2, -0.15) is 0 Å². The predicted molar refractivity (Wildman–Crippen MR) is 71.5 cm³/mol. The van der Waals surface area contributed by atoms with Crippen LogP contribution in [0.1, 0.15) is 12.8 Å². The van der Waals surface area contributed by atoms with Crippen molar-refractivity contribution in [3.63, 3.8) is 0 Å². The van der Waals surface area contributed by atoms with Gasteiger partial charge in [-0.05, 0) is 25.0 Å². The predicted octanol–water partition coefficient (Wildman–Crippen LogP) is 1.10. The summed E-state index contributed by atoms with van der Waals surface area (Å²) in [5.41, 5.74) is 5.82. The van der Waals surface area contributed by atoms with E-state index in [9.17, 15) is 4.79 Å². The zero-order valence-electron chi connectivity index (χ0n) is 10.1. The van der Waals surface area contributed by atoms with Crippen molar-refractivity contribution in [1.29, 1.82) is 0 Å². The molecule has 0 radical (unpaired) electrons. The van der Waals surface area contributed by atoms with Gasteiger partial charge in [-0.15, -0.1) is 0 Å². The SMILES string of the molecule is NC1CCN(CC(=O)Nc2ncccc2Cl)CC1. The smallest absolute Gasteiger partial charge is 0.239 e. The molecule has 0 unspecified atom stereocenters. The van der Waals surface area contributed by atoms with Gasteiger partial charge in [-0.25, -0.2) is 4.98 Å². The Morgan fingerprint density at radius 1 is 1.56 bits per heavy atom. The van der Waals surface area contributed by atoms with Crippen LogP contribution in [0.5, 0.6) is 0 Å². The molecule has 6 heteroatoms. The highest BCUT2D eigenvalue weighted by atomic mass is 35.5. The molecule has 1 amide bonds. The van der Waals surface area contributed by atoms with E-state index in [-0.39, 0.29) is 11.9 Å². The topological polar surface area (TPSA) is 71.2 Å². The Morgan fingerprint density at radius 2 is 2.28 bits per heavy atom. The minimum atomic E-state index is -0.0916. The van der Waals surface area contributed by atoms with Crippen LogP contribution >= 0.6 is 11.6 Å². The molecule has 98 valence electrons. The molecule has 1 aliphatic heterocycles. The fourth-order valence-electron chi connectivity index (χ4n) is 1.96. The van der Waals surface area contributed by atoms with Crippen LogP contribution in [-0.4, -0.2) is 41.5 Å². The lowest BCUT2D eigenvalue weighted by Crippen LogP contribution is -2.43. The molecule has 5 nitrogen and oxygen atoms in total. The molecule has 1 aromatic rings. The van der Waals surface area contributed by atoms with Crippen LogP contribution in [0.15, 0.2) is 18.3 Å². The molecule has 0 bridgehead atoms. The number of anilines is 1. The number of likely N-dealkylation sites (tertiary alicyclic amines) is 1. The molecule has 2 rings (SSSR count). The van der Waals surface area contributed by atoms with Gasteiger partial charge in [0.25, 0.3) is 0 Å². The van der Waals surface area contributed by atoms with Gasteiger partial charge in [0.2, 0.25) is 5.91 Å². The molecule has 18 heavy (non-hydrogen) atoms. The number of amides is 1. The van der Waals surface area contributed by atoms with Crippen molar-refractivity contribution < 1.29 is 4.79 Å². The molecule has 2 heterocycles. The summed E-state index contributed by atoms with van der Waals surface area (Å²) in [4.78, 5) is 17.9. The van der Waals surface area contributed by atoms with Crippen molar-refractivity contribution in [2.75, 3.05) is 25.0 Å². The molecular weight excluding hydrogens is 252 g/mol. The molecule has 1 aromatic heterocycles. The van der Waals surface area contributed by atoms with Gasteiger partial charge in [0.15, 0.2) is 5.82 Å². The molecule has 0 aromatic carbocycles. The summed E-state index contributed by atoms with van der Waals surface area (Å²) < 4.78 is 0. The van der Waals surface area contributed by atoms with E-state index in [1.165, 1.54) is 0 Å². The summed E-state index contributed by atoms with van der Waals surface area (Å²) in [5.74, 6) is 0.323. The van der Waals surface area contributed by atoms with Crippen molar-refractivity contribution in [3.8, 4) is 0 Å². The largest absolute Gasteiger partial charge is 0.328 e. The molecule has 0 atom stereocenters. The minimum absolute atomic E-state index is 0.0916. The van der Waals surface area contributed by atoms with Crippen LogP contribution in [0, 0.1) is 0 Å². The highest BCUT2D eigenvalue weighted by Gasteiger charge is 2.18. The highest BCUT2D eigenvalue weighted by Crippen LogP contribution is 2.17. The lowest BCUT2D eigenvalue weighted by Gasteiger charge is -2.29. The van der Waals surface area contributed by atoms with E-state index in [1.807, 2.05) is 0 Å². The third kappa shape index (κ3) is 3.66. The van der Waals surface area contributed by atoms with Gasteiger partial charge in [-0.3, -0.25) is 9.69 Å². The number of pyridine rings is 1. The number of nitrogens with zero attached hydrogens (tertiary/aromatic N) is 2. The summed E-state index contributed by atoms with van der Waals surface area (Å²) in [6, 6.07) is 3.70. The summed E-state index contributed by atoms with van der Waals surface area (Å²) in [5, 5.41) is 3.16. The van der Waals surface area contributed by atoms with Gasteiger partial charge < -0.3 is 11.1 Å². The Bertz CT molecular complexity index is 418. The number of carbonyl (C=O) groups is 1. The van der Waals surface area contributed by atoms with E-state index < -0.39 is 0 Å². The molecule has 1 aliphatic rings. The average molecular weight is 269 g/mol. The summed E-state index contributed by atoms with van der Waals surface area (Å²) >= 11 is 5.92. The van der Waals surface area contributed by atoms with Crippen LogP contribution in [0.3, 0.4) is 0 Å². The van der Waals surface area contributed by atoms with Gasteiger partial charge in [0, 0.05) is 25.3 Å². The lowest BCUT2D eigenvalue weighted by atomic mass is 10.1. The first-order chi connectivity index (χ1) is 8.65. The maximum Gasteiger partial charge on any atom is 0.239 e. The maximum absolute atomic E-state index is 11.8. The Balaban J connectivity index is 1.84. The van der Waals surface area contributed by atoms with Crippen LogP contribution in [-0.2, 0) is 4.79 Å². The Kier molecular flexibility index (Phi) is 4.52. The fourth-order valence-corrected chi connectivity index (χ4v) is 2.13. The second-order valence-corrected chi connectivity index (χ2v) is 4.90. The zero-order chi connectivity index (χ0) is 13.0. The normalized spacial score (nSPS) is 17.7. The van der Waals surface area contributed by atoms with Gasteiger partial charge >= 0.3 is 0 Å². The monoisotopic (exact) mass is 268 g/mol. The van der Waals surface area contributed by atoms with Gasteiger partial charge in [-0.1, -0.05) is 11.6 Å². The van der Waals surface area contributed by atoms with Crippen LogP contribution in [0.2, 0.25) is 5.02 Å². The maximum atomic E-state index is 11.8. The van der Waals surface area contributed by atoms with E-state index in [1.54, 1.807) is 18.3 Å².